The molecule has 8 heteroatoms. The van der Waals surface area contributed by atoms with Gasteiger partial charge in [-0.05, 0) is 56.0 Å². The van der Waals surface area contributed by atoms with E-state index in [1.165, 1.54) is 11.3 Å². The quantitative estimate of drug-likeness (QED) is 0.577. The van der Waals surface area contributed by atoms with Gasteiger partial charge >= 0.3 is 0 Å². The molecule has 2 amide bonds. The number of benzene rings is 2. The van der Waals surface area contributed by atoms with E-state index in [1.807, 2.05) is 60.4 Å². The first-order valence-corrected chi connectivity index (χ1v) is 11.5. The van der Waals surface area contributed by atoms with Crippen LogP contribution < -0.4 is 10.1 Å². The summed E-state index contributed by atoms with van der Waals surface area (Å²) in [5.41, 5.74) is 2.94. The Balaban J connectivity index is 1.37. The molecule has 0 bridgehead atoms. The molecule has 1 aliphatic rings. The summed E-state index contributed by atoms with van der Waals surface area (Å²) in [5.74, 6) is 0.621. The lowest BCUT2D eigenvalue weighted by molar-refractivity contribution is -0.132. The summed E-state index contributed by atoms with van der Waals surface area (Å²) in [6.45, 7) is 2.70. The second-order valence-electron chi connectivity index (χ2n) is 7.86. The predicted molar refractivity (Wildman–Crippen MR) is 124 cm³/mol. The van der Waals surface area contributed by atoms with E-state index in [4.69, 9.17) is 4.74 Å². The molecular formula is C24H26N4O3S. The van der Waals surface area contributed by atoms with Gasteiger partial charge in [-0.3, -0.25) is 9.59 Å². The lowest BCUT2D eigenvalue weighted by Gasteiger charge is -2.22. The molecule has 1 N–H and O–H groups in total. The van der Waals surface area contributed by atoms with Crippen molar-refractivity contribution in [3.05, 3.63) is 69.7 Å². The van der Waals surface area contributed by atoms with Crippen LogP contribution in [-0.2, 0) is 11.2 Å². The number of nitrogens with zero attached hydrogens (tertiary/aromatic N) is 3. The minimum Gasteiger partial charge on any atom is -0.497 e. The molecule has 2 heterocycles. The van der Waals surface area contributed by atoms with E-state index in [9.17, 15) is 9.59 Å². The summed E-state index contributed by atoms with van der Waals surface area (Å²) in [7, 11) is 1.64. The zero-order valence-electron chi connectivity index (χ0n) is 18.2. The van der Waals surface area contributed by atoms with Crippen LogP contribution in [-0.4, -0.2) is 40.6 Å². The van der Waals surface area contributed by atoms with Crippen molar-refractivity contribution in [2.24, 2.45) is 0 Å². The van der Waals surface area contributed by atoms with E-state index in [0.29, 0.717) is 35.1 Å². The van der Waals surface area contributed by atoms with Crippen LogP contribution in [0.4, 0.5) is 5.69 Å². The zero-order chi connectivity index (χ0) is 22.5. The number of aromatic nitrogens is 2. The first-order valence-electron chi connectivity index (χ1n) is 10.7. The highest BCUT2D eigenvalue weighted by Crippen LogP contribution is 2.34. The van der Waals surface area contributed by atoms with Gasteiger partial charge in [0.05, 0.1) is 13.2 Å². The second kappa shape index (κ2) is 9.91. The minimum absolute atomic E-state index is 0.101. The van der Waals surface area contributed by atoms with Gasteiger partial charge in [-0.2, -0.15) is 0 Å². The van der Waals surface area contributed by atoms with Crippen LogP contribution in [0.3, 0.4) is 0 Å². The number of carbonyl (C=O) groups is 2. The predicted octanol–water partition coefficient (Wildman–Crippen LogP) is 4.40. The molecule has 7 nitrogen and oxygen atoms in total. The van der Waals surface area contributed by atoms with E-state index in [2.05, 4.69) is 15.5 Å². The van der Waals surface area contributed by atoms with Gasteiger partial charge in [-0.25, -0.2) is 0 Å². The molecule has 1 unspecified atom stereocenters. The number of methoxy groups -OCH3 is 1. The number of nitrogens with one attached hydrogen (secondary N) is 1. The zero-order valence-corrected chi connectivity index (χ0v) is 19.0. The fourth-order valence-electron chi connectivity index (χ4n) is 3.79. The fraction of sp³-hybridized carbons (Fsp3) is 0.333. The minimum atomic E-state index is -0.284. The number of likely N-dealkylation sites (tertiary alicyclic amines) is 1. The van der Waals surface area contributed by atoms with Gasteiger partial charge in [0.25, 0.3) is 5.91 Å². The lowest BCUT2D eigenvalue weighted by atomic mass is 10.1. The highest BCUT2D eigenvalue weighted by molar-refractivity contribution is 7.13. The molecule has 0 radical (unpaired) electrons. The summed E-state index contributed by atoms with van der Waals surface area (Å²) in [5, 5.41) is 12.2. The Morgan fingerprint density at radius 2 is 1.88 bits per heavy atom. The van der Waals surface area contributed by atoms with Crippen LogP contribution in [0.25, 0.3) is 0 Å². The van der Waals surface area contributed by atoms with E-state index < -0.39 is 0 Å². The molecule has 1 fully saturated rings. The Kier molecular flexibility index (Phi) is 6.80. The number of anilines is 1. The van der Waals surface area contributed by atoms with Gasteiger partial charge in [-0.15, -0.1) is 10.2 Å². The van der Waals surface area contributed by atoms with Crippen molar-refractivity contribution in [3.8, 4) is 5.75 Å². The Morgan fingerprint density at radius 3 is 2.59 bits per heavy atom. The smallest absolute Gasteiger partial charge is 0.286 e. The van der Waals surface area contributed by atoms with Crippen molar-refractivity contribution in [2.75, 3.05) is 19.0 Å². The number of ether oxygens (including phenoxy) is 1. The molecule has 0 aliphatic carbocycles. The highest BCUT2D eigenvalue weighted by Gasteiger charge is 2.32. The summed E-state index contributed by atoms with van der Waals surface area (Å²) in [6, 6.07) is 15.3. The van der Waals surface area contributed by atoms with Gasteiger partial charge in [0.2, 0.25) is 10.9 Å². The van der Waals surface area contributed by atoms with Crippen molar-refractivity contribution >= 4 is 28.8 Å². The highest BCUT2D eigenvalue weighted by atomic mass is 32.1. The molecule has 32 heavy (non-hydrogen) atoms. The maximum absolute atomic E-state index is 12.9. The molecule has 1 saturated heterocycles. The van der Waals surface area contributed by atoms with Crippen LogP contribution in [0.15, 0.2) is 48.5 Å². The summed E-state index contributed by atoms with van der Waals surface area (Å²) in [6.07, 6.45) is 2.86. The summed E-state index contributed by atoms with van der Waals surface area (Å²) >= 11 is 1.26. The van der Waals surface area contributed by atoms with Crippen molar-refractivity contribution < 1.29 is 14.3 Å². The third kappa shape index (κ3) is 5.13. The van der Waals surface area contributed by atoms with E-state index in [-0.39, 0.29) is 17.9 Å². The molecule has 4 rings (SSSR count). The number of hydrogen-bond acceptors (Lipinski definition) is 6. The first-order chi connectivity index (χ1) is 15.5. The Bertz CT molecular complexity index is 1080. The van der Waals surface area contributed by atoms with Gasteiger partial charge in [0.1, 0.15) is 10.8 Å². The van der Waals surface area contributed by atoms with Crippen LogP contribution in [0.2, 0.25) is 0 Å². The molecule has 0 spiro atoms. The molecule has 2 aromatic carbocycles. The Labute approximate surface area is 191 Å². The Morgan fingerprint density at radius 1 is 1.12 bits per heavy atom. The molecule has 166 valence electrons. The summed E-state index contributed by atoms with van der Waals surface area (Å²) < 4.78 is 5.18. The SMILES string of the molecule is COc1ccc(CCC(=O)N2CCCC2c2nnc(C(=O)Nc3ccc(C)cc3)s2)cc1. The second-order valence-corrected chi connectivity index (χ2v) is 8.87. The molecular weight excluding hydrogens is 424 g/mol. The number of amides is 2. The lowest BCUT2D eigenvalue weighted by Crippen LogP contribution is -2.30. The van der Waals surface area contributed by atoms with Crippen LogP contribution in [0, 0.1) is 6.92 Å². The van der Waals surface area contributed by atoms with Crippen molar-refractivity contribution in [1.29, 1.82) is 0 Å². The number of carbonyl (C=O) groups excluding carboxylic acids is 2. The van der Waals surface area contributed by atoms with Gasteiger partial charge in [0.15, 0.2) is 0 Å². The van der Waals surface area contributed by atoms with Crippen molar-refractivity contribution in [1.82, 2.24) is 15.1 Å². The largest absolute Gasteiger partial charge is 0.497 e. The van der Waals surface area contributed by atoms with Gasteiger partial charge in [-0.1, -0.05) is 41.2 Å². The van der Waals surface area contributed by atoms with Crippen LogP contribution >= 0.6 is 11.3 Å². The van der Waals surface area contributed by atoms with E-state index >= 15 is 0 Å². The fourth-order valence-corrected chi connectivity index (χ4v) is 4.68. The van der Waals surface area contributed by atoms with Gasteiger partial charge < -0.3 is 15.0 Å². The third-order valence-corrected chi connectivity index (χ3v) is 6.61. The average Bonchev–Trinajstić information content (AvgIpc) is 3.49. The number of hydrogen-bond donors (Lipinski definition) is 1. The molecule has 1 aliphatic heterocycles. The number of rotatable bonds is 7. The molecule has 0 saturated carbocycles. The van der Waals surface area contributed by atoms with E-state index in [0.717, 1.165) is 29.7 Å². The normalized spacial score (nSPS) is 15.6. The third-order valence-electron chi connectivity index (χ3n) is 5.59. The summed E-state index contributed by atoms with van der Waals surface area (Å²) in [4.78, 5) is 27.3. The standard InChI is InChI=1S/C24H26N4O3S/c1-16-5-10-18(11-6-16)25-22(30)24-27-26-23(32-24)20-4-3-15-28(20)21(29)14-9-17-7-12-19(31-2)13-8-17/h5-8,10-13,20H,3-4,9,14-15H2,1-2H3,(H,25,30). The first kappa shape index (κ1) is 22.0. The van der Waals surface area contributed by atoms with Crippen LogP contribution in [0.1, 0.15) is 51.2 Å². The Hall–Kier alpha value is -3.26. The van der Waals surface area contributed by atoms with Crippen molar-refractivity contribution in [2.45, 2.75) is 38.6 Å². The maximum atomic E-state index is 12.9. The van der Waals surface area contributed by atoms with Gasteiger partial charge in [0, 0.05) is 18.7 Å². The molecule has 3 aromatic rings. The topological polar surface area (TPSA) is 84.4 Å². The maximum Gasteiger partial charge on any atom is 0.286 e. The average molecular weight is 451 g/mol. The van der Waals surface area contributed by atoms with E-state index in [1.54, 1.807) is 7.11 Å². The van der Waals surface area contributed by atoms with Crippen LogP contribution in [0.5, 0.6) is 5.75 Å². The number of aryl methyl sites for hydroxylation is 2. The monoisotopic (exact) mass is 450 g/mol. The molecule has 1 aromatic heterocycles. The van der Waals surface area contributed by atoms with Crippen molar-refractivity contribution in [3.63, 3.8) is 0 Å². The molecule has 1 atom stereocenters.